The Hall–Kier alpha value is -0.370. The van der Waals surface area contributed by atoms with Gasteiger partial charge in [0.15, 0.2) is 0 Å². The molecule has 0 saturated carbocycles. The number of carbonyl (C=O) groups is 1. The second-order valence-corrected chi connectivity index (χ2v) is 3.05. The van der Waals surface area contributed by atoms with Crippen molar-refractivity contribution in [2.75, 3.05) is 13.6 Å². The SMILES string of the molecule is CCC1CCC(=O)CN1C. The van der Waals surface area contributed by atoms with Crippen LogP contribution in [0.15, 0.2) is 0 Å². The van der Waals surface area contributed by atoms with Crippen LogP contribution in [-0.2, 0) is 4.79 Å². The van der Waals surface area contributed by atoms with Crippen LogP contribution in [0, 0.1) is 0 Å². The van der Waals surface area contributed by atoms with Crippen molar-refractivity contribution in [2.24, 2.45) is 0 Å². The van der Waals surface area contributed by atoms with Crippen molar-refractivity contribution in [3.05, 3.63) is 0 Å². The minimum Gasteiger partial charge on any atom is -0.298 e. The Morgan fingerprint density at radius 1 is 1.70 bits per heavy atom. The van der Waals surface area contributed by atoms with Gasteiger partial charge in [-0.25, -0.2) is 0 Å². The summed E-state index contributed by atoms with van der Waals surface area (Å²) in [6, 6.07) is 0.651. The molecule has 0 spiro atoms. The summed E-state index contributed by atoms with van der Waals surface area (Å²) < 4.78 is 0. The summed E-state index contributed by atoms with van der Waals surface area (Å²) in [6.07, 6.45) is 3.03. The monoisotopic (exact) mass is 141 g/mol. The molecule has 1 saturated heterocycles. The predicted octanol–water partition coefficient (Wildman–Crippen LogP) is 1.06. The molecule has 1 rings (SSSR count). The fourth-order valence-corrected chi connectivity index (χ4v) is 1.55. The Labute approximate surface area is 62.2 Å². The normalized spacial score (nSPS) is 29.0. The maximum Gasteiger partial charge on any atom is 0.146 e. The van der Waals surface area contributed by atoms with Gasteiger partial charge in [0.05, 0.1) is 6.54 Å². The van der Waals surface area contributed by atoms with Gasteiger partial charge in [-0.15, -0.1) is 0 Å². The smallest absolute Gasteiger partial charge is 0.146 e. The highest BCUT2D eigenvalue weighted by atomic mass is 16.1. The molecule has 0 bridgehead atoms. The maximum atomic E-state index is 10.9. The molecule has 0 amide bonds. The van der Waals surface area contributed by atoms with E-state index in [9.17, 15) is 4.79 Å². The molecule has 1 unspecified atom stereocenters. The van der Waals surface area contributed by atoms with E-state index in [-0.39, 0.29) is 0 Å². The summed E-state index contributed by atoms with van der Waals surface area (Å²) >= 11 is 0. The minimum absolute atomic E-state index is 0.396. The van der Waals surface area contributed by atoms with Gasteiger partial charge in [-0.3, -0.25) is 9.69 Å². The van der Waals surface area contributed by atoms with Gasteiger partial charge in [0, 0.05) is 12.5 Å². The summed E-state index contributed by atoms with van der Waals surface area (Å²) in [4.78, 5) is 13.1. The quantitative estimate of drug-likeness (QED) is 0.544. The van der Waals surface area contributed by atoms with E-state index in [0.717, 1.165) is 12.8 Å². The lowest BCUT2D eigenvalue weighted by atomic mass is 10.0. The van der Waals surface area contributed by atoms with Gasteiger partial charge in [0.1, 0.15) is 5.78 Å². The van der Waals surface area contributed by atoms with Crippen LogP contribution < -0.4 is 0 Å². The number of rotatable bonds is 1. The molecule has 0 radical (unpaired) electrons. The number of likely N-dealkylation sites (tertiary alicyclic amines) is 1. The molecule has 0 aliphatic carbocycles. The fourth-order valence-electron chi connectivity index (χ4n) is 1.55. The lowest BCUT2D eigenvalue weighted by molar-refractivity contribution is -0.123. The van der Waals surface area contributed by atoms with E-state index in [0.29, 0.717) is 18.4 Å². The van der Waals surface area contributed by atoms with E-state index in [4.69, 9.17) is 0 Å². The number of hydrogen-bond acceptors (Lipinski definition) is 2. The van der Waals surface area contributed by atoms with Crippen LogP contribution in [-0.4, -0.2) is 30.3 Å². The molecule has 2 nitrogen and oxygen atoms in total. The number of hydrogen-bond donors (Lipinski definition) is 0. The Morgan fingerprint density at radius 3 is 2.90 bits per heavy atom. The first-order chi connectivity index (χ1) is 4.74. The Bertz CT molecular complexity index is 133. The topological polar surface area (TPSA) is 20.3 Å². The van der Waals surface area contributed by atoms with Crippen LogP contribution in [0.25, 0.3) is 0 Å². The van der Waals surface area contributed by atoms with Crippen molar-refractivity contribution in [3.8, 4) is 0 Å². The predicted molar refractivity (Wildman–Crippen MR) is 41.0 cm³/mol. The lowest BCUT2D eigenvalue weighted by Crippen LogP contribution is -2.40. The number of ketones is 1. The standard InChI is InChI=1S/C8H15NO/c1-3-7-4-5-8(10)6-9(7)2/h7H,3-6H2,1-2H3. The summed E-state index contributed by atoms with van der Waals surface area (Å²) in [7, 11) is 2.03. The van der Waals surface area contributed by atoms with Crippen molar-refractivity contribution in [2.45, 2.75) is 32.2 Å². The summed E-state index contributed by atoms with van der Waals surface area (Å²) in [5, 5.41) is 0. The fraction of sp³-hybridized carbons (Fsp3) is 0.875. The highest BCUT2D eigenvalue weighted by Crippen LogP contribution is 2.14. The summed E-state index contributed by atoms with van der Waals surface area (Å²) in [5.74, 6) is 0.396. The first-order valence-corrected chi connectivity index (χ1v) is 3.96. The molecule has 1 fully saturated rings. The van der Waals surface area contributed by atoms with E-state index in [1.165, 1.54) is 6.42 Å². The molecule has 1 aliphatic rings. The van der Waals surface area contributed by atoms with Gasteiger partial charge < -0.3 is 0 Å². The molecule has 2 heteroatoms. The molecule has 1 atom stereocenters. The Kier molecular flexibility index (Phi) is 2.44. The first-order valence-electron chi connectivity index (χ1n) is 3.96. The average molecular weight is 141 g/mol. The third kappa shape index (κ3) is 1.57. The van der Waals surface area contributed by atoms with Crippen LogP contribution in [0.3, 0.4) is 0 Å². The molecule has 0 aromatic rings. The Balaban J connectivity index is 2.43. The molecule has 0 N–H and O–H groups in total. The van der Waals surface area contributed by atoms with Crippen LogP contribution in [0.1, 0.15) is 26.2 Å². The largest absolute Gasteiger partial charge is 0.298 e. The zero-order chi connectivity index (χ0) is 7.56. The third-order valence-corrected chi connectivity index (χ3v) is 2.28. The first kappa shape index (κ1) is 7.73. The van der Waals surface area contributed by atoms with Crippen molar-refractivity contribution in [1.29, 1.82) is 0 Å². The summed E-state index contributed by atoms with van der Waals surface area (Å²) in [6.45, 7) is 2.84. The Morgan fingerprint density at radius 2 is 2.40 bits per heavy atom. The zero-order valence-corrected chi connectivity index (χ0v) is 6.76. The number of carbonyl (C=O) groups excluding carboxylic acids is 1. The second-order valence-electron chi connectivity index (χ2n) is 3.05. The van der Waals surface area contributed by atoms with Gasteiger partial charge in [-0.1, -0.05) is 6.92 Å². The molecular weight excluding hydrogens is 126 g/mol. The van der Waals surface area contributed by atoms with Gasteiger partial charge in [0.2, 0.25) is 0 Å². The van der Waals surface area contributed by atoms with E-state index in [2.05, 4.69) is 11.8 Å². The molecule has 58 valence electrons. The number of Topliss-reactive ketones (excluding diaryl/α,β-unsaturated/α-hetero) is 1. The van der Waals surface area contributed by atoms with Crippen LogP contribution in [0.2, 0.25) is 0 Å². The van der Waals surface area contributed by atoms with Gasteiger partial charge in [0.25, 0.3) is 0 Å². The van der Waals surface area contributed by atoms with E-state index in [1.807, 2.05) is 7.05 Å². The van der Waals surface area contributed by atoms with Gasteiger partial charge in [-0.2, -0.15) is 0 Å². The summed E-state index contributed by atoms with van der Waals surface area (Å²) in [5.41, 5.74) is 0. The van der Waals surface area contributed by atoms with Gasteiger partial charge >= 0.3 is 0 Å². The van der Waals surface area contributed by atoms with Gasteiger partial charge in [-0.05, 0) is 19.9 Å². The van der Waals surface area contributed by atoms with E-state index < -0.39 is 0 Å². The zero-order valence-electron chi connectivity index (χ0n) is 6.76. The van der Waals surface area contributed by atoms with Crippen molar-refractivity contribution < 1.29 is 4.79 Å². The number of nitrogens with zero attached hydrogens (tertiary/aromatic N) is 1. The highest BCUT2D eigenvalue weighted by Gasteiger charge is 2.21. The van der Waals surface area contributed by atoms with Crippen molar-refractivity contribution >= 4 is 5.78 Å². The van der Waals surface area contributed by atoms with Crippen LogP contribution in [0.4, 0.5) is 0 Å². The lowest BCUT2D eigenvalue weighted by Gasteiger charge is -2.30. The number of likely N-dealkylation sites (N-methyl/N-ethyl adjacent to an activating group) is 1. The number of piperidine rings is 1. The maximum absolute atomic E-state index is 10.9. The molecule has 10 heavy (non-hydrogen) atoms. The molecule has 0 aromatic carbocycles. The third-order valence-electron chi connectivity index (χ3n) is 2.28. The van der Waals surface area contributed by atoms with Crippen LogP contribution in [0.5, 0.6) is 0 Å². The molecule has 0 aromatic heterocycles. The van der Waals surface area contributed by atoms with E-state index in [1.54, 1.807) is 0 Å². The average Bonchev–Trinajstić information content (AvgIpc) is 1.88. The molecule has 1 aliphatic heterocycles. The molecule has 1 heterocycles. The minimum atomic E-state index is 0.396. The highest BCUT2D eigenvalue weighted by molar-refractivity contribution is 5.81. The van der Waals surface area contributed by atoms with E-state index >= 15 is 0 Å². The van der Waals surface area contributed by atoms with Crippen molar-refractivity contribution in [1.82, 2.24) is 4.90 Å². The van der Waals surface area contributed by atoms with Crippen molar-refractivity contribution in [3.63, 3.8) is 0 Å². The van der Waals surface area contributed by atoms with Crippen LogP contribution >= 0.6 is 0 Å². The second kappa shape index (κ2) is 3.15. The molecular formula is C8H15NO.